The zero-order valence-corrected chi connectivity index (χ0v) is 15.1. The van der Waals surface area contributed by atoms with Gasteiger partial charge in [0.15, 0.2) is 0 Å². The van der Waals surface area contributed by atoms with E-state index in [4.69, 9.17) is 4.74 Å². The van der Waals surface area contributed by atoms with E-state index in [1.807, 2.05) is 59.5 Å². The summed E-state index contributed by atoms with van der Waals surface area (Å²) in [6.07, 6.45) is 1.97. The molecular weight excluding hydrogens is 340 g/mol. The van der Waals surface area contributed by atoms with Gasteiger partial charge in [0.25, 0.3) is 5.91 Å². The minimum absolute atomic E-state index is 0.0817. The predicted octanol–water partition coefficient (Wildman–Crippen LogP) is 3.46. The Hall–Kier alpha value is -3.08. The second-order valence-electron chi connectivity index (χ2n) is 6.98. The lowest BCUT2D eigenvalue weighted by Gasteiger charge is -2.33. The van der Waals surface area contributed by atoms with E-state index in [-0.39, 0.29) is 17.4 Å². The fraction of sp³-hybridized carbons (Fsp3) is 0.273. The Morgan fingerprint density at radius 1 is 1.11 bits per heavy atom. The number of ether oxygens (including phenoxy) is 1. The maximum absolute atomic E-state index is 13.1. The largest absolute Gasteiger partial charge is 0.493 e. The summed E-state index contributed by atoms with van der Waals surface area (Å²) in [6, 6.07) is 18.6. The number of aromatic nitrogens is 1. The van der Waals surface area contributed by atoms with Crippen molar-refractivity contribution in [2.75, 3.05) is 19.7 Å². The number of para-hydroxylation sites is 2. The van der Waals surface area contributed by atoms with Crippen LogP contribution in [0.15, 0.2) is 65.5 Å². The number of rotatable bonds is 4. The van der Waals surface area contributed by atoms with Gasteiger partial charge in [-0.25, -0.2) is 0 Å². The van der Waals surface area contributed by atoms with Crippen LogP contribution in [0.2, 0.25) is 0 Å². The van der Waals surface area contributed by atoms with Crippen LogP contribution in [-0.4, -0.2) is 35.5 Å². The van der Waals surface area contributed by atoms with Crippen molar-refractivity contribution in [3.05, 3.63) is 76.6 Å². The van der Waals surface area contributed by atoms with Crippen LogP contribution in [0, 0.1) is 5.92 Å². The predicted molar refractivity (Wildman–Crippen MR) is 105 cm³/mol. The summed E-state index contributed by atoms with van der Waals surface area (Å²) in [5.41, 5.74) is 0.909. The molecule has 1 atom stereocenters. The topological polar surface area (TPSA) is 62.4 Å². The van der Waals surface area contributed by atoms with Gasteiger partial charge in [-0.1, -0.05) is 36.4 Å². The molecule has 2 heterocycles. The zero-order chi connectivity index (χ0) is 18.6. The van der Waals surface area contributed by atoms with Crippen LogP contribution >= 0.6 is 0 Å². The van der Waals surface area contributed by atoms with Gasteiger partial charge in [-0.2, -0.15) is 0 Å². The molecule has 0 aliphatic carbocycles. The fourth-order valence-electron chi connectivity index (χ4n) is 3.67. The van der Waals surface area contributed by atoms with Gasteiger partial charge in [0, 0.05) is 36.0 Å². The molecule has 1 fully saturated rings. The van der Waals surface area contributed by atoms with Crippen molar-refractivity contribution in [3.8, 4) is 5.75 Å². The number of carbonyl (C=O) groups excluding carboxylic acids is 1. The van der Waals surface area contributed by atoms with E-state index in [0.29, 0.717) is 30.8 Å². The third-order valence-corrected chi connectivity index (χ3v) is 5.02. The molecule has 1 saturated heterocycles. The van der Waals surface area contributed by atoms with E-state index >= 15 is 0 Å². The molecule has 5 heteroatoms. The number of likely N-dealkylation sites (tertiary alicyclic amines) is 1. The molecule has 138 valence electrons. The Labute approximate surface area is 157 Å². The normalized spacial score (nSPS) is 17.0. The van der Waals surface area contributed by atoms with Crippen LogP contribution in [0.3, 0.4) is 0 Å². The molecule has 1 amide bonds. The number of hydrogen-bond acceptors (Lipinski definition) is 3. The first-order valence-electron chi connectivity index (χ1n) is 9.30. The average Bonchev–Trinajstić information content (AvgIpc) is 2.72. The molecule has 3 aromatic rings. The van der Waals surface area contributed by atoms with Gasteiger partial charge in [0.2, 0.25) is 5.56 Å². The van der Waals surface area contributed by atoms with Crippen LogP contribution in [0.1, 0.15) is 23.2 Å². The molecule has 4 rings (SSSR count). The van der Waals surface area contributed by atoms with Gasteiger partial charge < -0.3 is 14.6 Å². The first-order valence-corrected chi connectivity index (χ1v) is 9.30. The van der Waals surface area contributed by atoms with Gasteiger partial charge in [0.05, 0.1) is 12.2 Å². The highest BCUT2D eigenvalue weighted by Crippen LogP contribution is 2.22. The van der Waals surface area contributed by atoms with Crippen LogP contribution in [0.25, 0.3) is 10.9 Å². The zero-order valence-electron chi connectivity index (χ0n) is 15.1. The maximum Gasteiger partial charge on any atom is 0.254 e. The molecule has 5 nitrogen and oxygen atoms in total. The van der Waals surface area contributed by atoms with E-state index in [1.165, 1.54) is 6.07 Å². The minimum Gasteiger partial charge on any atom is -0.493 e. The van der Waals surface area contributed by atoms with Gasteiger partial charge in [-0.3, -0.25) is 9.59 Å². The van der Waals surface area contributed by atoms with Crippen molar-refractivity contribution in [2.45, 2.75) is 12.8 Å². The van der Waals surface area contributed by atoms with Crippen molar-refractivity contribution in [3.63, 3.8) is 0 Å². The highest BCUT2D eigenvalue weighted by atomic mass is 16.5. The van der Waals surface area contributed by atoms with Crippen molar-refractivity contribution >= 4 is 16.8 Å². The number of H-pyrrole nitrogens is 1. The molecule has 1 aliphatic rings. The second-order valence-corrected chi connectivity index (χ2v) is 6.98. The van der Waals surface area contributed by atoms with Crippen molar-refractivity contribution in [1.29, 1.82) is 0 Å². The van der Waals surface area contributed by atoms with E-state index in [2.05, 4.69) is 4.98 Å². The Bertz CT molecular complexity index is 997. The van der Waals surface area contributed by atoms with Crippen molar-refractivity contribution in [2.24, 2.45) is 5.92 Å². The van der Waals surface area contributed by atoms with E-state index in [9.17, 15) is 9.59 Å². The Morgan fingerprint density at radius 3 is 2.74 bits per heavy atom. The standard InChI is InChI=1S/C22H22N2O3/c25-21-13-19(18-10-4-5-11-20(18)23-21)22(26)24-12-6-7-16(14-24)15-27-17-8-2-1-3-9-17/h1-5,8-11,13,16H,6-7,12,14-15H2,(H,23,25). The monoisotopic (exact) mass is 362 g/mol. The molecule has 1 aromatic heterocycles. The molecule has 0 radical (unpaired) electrons. The number of nitrogens with one attached hydrogen (secondary N) is 1. The number of carbonyl (C=O) groups is 1. The minimum atomic E-state index is -0.252. The third kappa shape index (κ3) is 3.87. The van der Waals surface area contributed by atoms with Gasteiger partial charge in [0.1, 0.15) is 5.75 Å². The summed E-state index contributed by atoms with van der Waals surface area (Å²) in [4.78, 5) is 29.7. The lowest BCUT2D eigenvalue weighted by molar-refractivity contribution is 0.0635. The Balaban J connectivity index is 1.50. The van der Waals surface area contributed by atoms with Crippen LogP contribution in [0.5, 0.6) is 5.75 Å². The third-order valence-electron chi connectivity index (χ3n) is 5.02. The molecular formula is C22H22N2O3. The molecule has 2 aromatic carbocycles. The molecule has 0 saturated carbocycles. The number of amides is 1. The Morgan fingerprint density at radius 2 is 1.89 bits per heavy atom. The van der Waals surface area contributed by atoms with Crippen LogP contribution < -0.4 is 10.3 Å². The first-order chi connectivity index (χ1) is 13.2. The summed E-state index contributed by atoms with van der Waals surface area (Å²) >= 11 is 0. The van der Waals surface area contributed by atoms with Gasteiger partial charge in [-0.15, -0.1) is 0 Å². The van der Waals surface area contributed by atoms with E-state index in [0.717, 1.165) is 24.0 Å². The molecule has 0 spiro atoms. The lowest BCUT2D eigenvalue weighted by atomic mass is 9.97. The summed E-state index contributed by atoms with van der Waals surface area (Å²) in [7, 11) is 0. The second kappa shape index (κ2) is 7.66. The molecule has 1 N–H and O–H groups in total. The number of nitrogens with zero attached hydrogens (tertiary/aromatic N) is 1. The highest BCUT2D eigenvalue weighted by Gasteiger charge is 2.26. The van der Waals surface area contributed by atoms with Crippen LogP contribution in [-0.2, 0) is 0 Å². The van der Waals surface area contributed by atoms with Crippen molar-refractivity contribution < 1.29 is 9.53 Å². The van der Waals surface area contributed by atoms with Crippen LogP contribution in [0.4, 0.5) is 0 Å². The molecule has 0 bridgehead atoms. The summed E-state index contributed by atoms with van der Waals surface area (Å²) in [5, 5.41) is 0.782. The number of benzene rings is 2. The quantitative estimate of drug-likeness (QED) is 0.773. The molecule has 1 unspecified atom stereocenters. The smallest absolute Gasteiger partial charge is 0.254 e. The summed E-state index contributed by atoms with van der Waals surface area (Å²) in [5.74, 6) is 1.06. The van der Waals surface area contributed by atoms with Gasteiger partial charge >= 0.3 is 0 Å². The van der Waals surface area contributed by atoms with Gasteiger partial charge in [-0.05, 0) is 31.0 Å². The van der Waals surface area contributed by atoms with Crippen molar-refractivity contribution in [1.82, 2.24) is 9.88 Å². The van der Waals surface area contributed by atoms with E-state index < -0.39 is 0 Å². The summed E-state index contributed by atoms with van der Waals surface area (Å²) < 4.78 is 5.88. The highest BCUT2D eigenvalue weighted by molar-refractivity contribution is 6.05. The number of pyridine rings is 1. The number of hydrogen-bond donors (Lipinski definition) is 1. The molecule has 27 heavy (non-hydrogen) atoms. The summed E-state index contributed by atoms with van der Waals surface area (Å²) in [6.45, 7) is 1.94. The first kappa shape index (κ1) is 17.3. The fourth-order valence-corrected chi connectivity index (χ4v) is 3.67. The average molecular weight is 362 g/mol. The molecule has 1 aliphatic heterocycles. The maximum atomic E-state index is 13.1. The SMILES string of the molecule is O=C(c1cc(=O)[nH]c2ccccc12)N1CCCC(COc2ccccc2)C1. The number of aromatic amines is 1. The number of fused-ring (bicyclic) bond motifs is 1. The Kier molecular flexibility index (Phi) is 4.92. The number of piperidine rings is 1. The van der Waals surface area contributed by atoms with E-state index in [1.54, 1.807) is 0 Å². The lowest BCUT2D eigenvalue weighted by Crippen LogP contribution is -2.42.